The highest BCUT2D eigenvalue weighted by Crippen LogP contribution is 2.24. The molecule has 0 saturated carbocycles. The largest absolute Gasteiger partial charge is 0.506 e. The van der Waals surface area contributed by atoms with Crippen LogP contribution in [0.4, 0.5) is 0 Å². The van der Waals surface area contributed by atoms with Crippen molar-refractivity contribution in [3.05, 3.63) is 30.2 Å². The monoisotopic (exact) mass is 249 g/mol. The fourth-order valence-electron chi connectivity index (χ4n) is 1.40. The van der Waals surface area contributed by atoms with Gasteiger partial charge < -0.3 is 20.1 Å². The molecule has 0 fully saturated rings. The van der Waals surface area contributed by atoms with Gasteiger partial charge in [0.25, 0.3) is 0 Å². The second-order valence-electron chi connectivity index (χ2n) is 3.56. The average molecular weight is 249 g/mol. The van der Waals surface area contributed by atoms with Gasteiger partial charge in [-0.25, -0.2) is 0 Å². The smallest absolute Gasteiger partial charge is 0.317 e. The highest BCUT2D eigenvalue weighted by molar-refractivity contribution is 5.69. The van der Waals surface area contributed by atoms with Crippen molar-refractivity contribution >= 4 is 5.97 Å². The van der Waals surface area contributed by atoms with E-state index in [0.29, 0.717) is 17.0 Å². The summed E-state index contributed by atoms with van der Waals surface area (Å²) in [6, 6.07) is 3.14. The number of aromatic nitrogens is 2. The molecule has 3 N–H and O–H groups in total. The maximum atomic E-state index is 10.3. The molecule has 0 saturated heterocycles. The zero-order chi connectivity index (χ0) is 13.0. The van der Waals surface area contributed by atoms with E-state index in [1.807, 2.05) is 0 Å². The predicted octanol–water partition coefficient (Wildman–Crippen LogP) is 0.616. The molecule has 0 atom stereocenters. The molecule has 0 bridgehead atoms. The highest BCUT2D eigenvalue weighted by Gasteiger charge is 2.08. The maximum absolute atomic E-state index is 10.3. The molecular formula is C11H11N3O4. The van der Waals surface area contributed by atoms with Crippen molar-refractivity contribution in [3.63, 3.8) is 0 Å². The highest BCUT2D eigenvalue weighted by atomic mass is 16.5. The minimum atomic E-state index is -0.965. The Kier molecular flexibility index (Phi) is 3.54. The van der Waals surface area contributed by atoms with Crippen LogP contribution in [0.5, 0.6) is 5.75 Å². The van der Waals surface area contributed by atoms with Crippen LogP contribution >= 0.6 is 0 Å². The Bertz CT molecular complexity index is 539. The number of nitrogens with one attached hydrogen (secondary N) is 1. The topological polar surface area (TPSA) is 108 Å². The Morgan fingerprint density at radius 2 is 2.33 bits per heavy atom. The normalized spacial score (nSPS) is 10.4. The van der Waals surface area contributed by atoms with E-state index in [1.54, 1.807) is 6.07 Å². The molecule has 0 spiro atoms. The molecule has 94 valence electrons. The molecule has 18 heavy (non-hydrogen) atoms. The van der Waals surface area contributed by atoms with Gasteiger partial charge in [-0.05, 0) is 6.07 Å². The first-order valence-electron chi connectivity index (χ1n) is 5.18. The number of nitrogens with zero attached hydrogens (tertiary/aromatic N) is 2. The lowest BCUT2D eigenvalue weighted by Gasteiger charge is -2.05. The molecule has 2 heterocycles. The Labute approximate surface area is 102 Å². The molecule has 2 rings (SSSR count). The van der Waals surface area contributed by atoms with Gasteiger partial charge in [0.15, 0.2) is 5.76 Å². The van der Waals surface area contributed by atoms with Crippen LogP contribution in [0.1, 0.15) is 5.69 Å². The zero-order valence-electron chi connectivity index (χ0n) is 9.33. The Morgan fingerprint density at radius 3 is 2.94 bits per heavy atom. The molecule has 7 nitrogen and oxygen atoms in total. The number of carboxylic acids is 1. The summed E-state index contributed by atoms with van der Waals surface area (Å²) in [7, 11) is 0. The van der Waals surface area contributed by atoms with E-state index in [0.717, 1.165) is 0 Å². The van der Waals surface area contributed by atoms with Gasteiger partial charge in [0.1, 0.15) is 5.75 Å². The van der Waals surface area contributed by atoms with Crippen molar-refractivity contribution < 1.29 is 19.5 Å². The van der Waals surface area contributed by atoms with Gasteiger partial charge in [-0.15, -0.1) is 0 Å². The number of aromatic hydroxyl groups is 1. The van der Waals surface area contributed by atoms with Crippen LogP contribution < -0.4 is 5.32 Å². The van der Waals surface area contributed by atoms with Crippen molar-refractivity contribution in [3.8, 4) is 17.1 Å². The molecule has 0 aromatic carbocycles. The molecule has 7 heteroatoms. The number of aliphatic carboxylic acids is 1. The standard InChI is InChI=1S/C11H11N3O4/c15-9-3-7(10-1-2-14-18-10)4-13-8(9)5-12-6-11(16)17/h1-4,12,15H,5-6H2,(H,16,17). The van der Waals surface area contributed by atoms with E-state index in [-0.39, 0.29) is 18.8 Å². The first kappa shape index (κ1) is 12.1. The third-order valence-electron chi connectivity index (χ3n) is 2.24. The lowest BCUT2D eigenvalue weighted by atomic mass is 10.2. The number of pyridine rings is 1. The molecule has 0 aliphatic heterocycles. The first-order valence-corrected chi connectivity index (χ1v) is 5.18. The summed E-state index contributed by atoms with van der Waals surface area (Å²) < 4.78 is 4.93. The fourth-order valence-corrected chi connectivity index (χ4v) is 1.40. The molecule has 0 aliphatic rings. The van der Waals surface area contributed by atoms with Crippen LogP contribution in [0.2, 0.25) is 0 Å². The maximum Gasteiger partial charge on any atom is 0.317 e. The van der Waals surface area contributed by atoms with E-state index in [9.17, 15) is 9.90 Å². The average Bonchev–Trinajstić information content (AvgIpc) is 2.84. The van der Waals surface area contributed by atoms with E-state index in [4.69, 9.17) is 9.63 Å². The summed E-state index contributed by atoms with van der Waals surface area (Å²) in [4.78, 5) is 14.4. The lowest BCUT2D eigenvalue weighted by Crippen LogP contribution is -2.22. The Balaban J connectivity index is 2.08. The predicted molar refractivity (Wildman–Crippen MR) is 60.7 cm³/mol. The second-order valence-corrected chi connectivity index (χ2v) is 3.56. The quantitative estimate of drug-likeness (QED) is 0.712. The molecule has 0 amide bonds. The molecule has 2 aromatic rings. The number of rotatable bonds is 5. The van der Waals surface area contributed by atoms with Crippen LogP contribution in [0.3, 0.4) is 0 Å². The van der Waals surface area contributed by atoms with Crippen LogP contribution in [-0.2, 0) is 11.3 Å². The van der Waals surface area contributed by atoms with Crippen LogP contribution in [0.25, 0.3) is 11.3 Å². The lowest BCUT2D eigenvalue weighted by molar-refractivity contribution is -0.136. The number of carbonyl (C=O) groups is 1. The summed E-state index contributed by atoms with van der Waals surface area (Å²) in [5, 5.41) is 24.4. The number of hydrogen-bond donors (Lipinski definition) is 3. The third-order valence-corrected chi connectivity index (χ3v) is 2.24. The first-order chi connectivity index (χ1) is 8.66. The Morgan fingerprint density at radius 1 is 1.50 bits per heavy atom. The van der Waals surface area contributed by atoms with E-state index >= 15 is 0 Å². The van der Waals surface area contributed by atoms with Crippen molar-refractivity contribution in [1.29, 1.82) is 0 Å². The van der Waals surface area contributed by atoms with Crippen molar-refractivity contribution in [2.24, 2.45) is 0 Å². The van der Waals surface area contributed by atoms with E-state index in [1.165, 1.54) is 18.5 Å². The molecule has 0 aliphatic carbocycles. The minimum absolute atomic E-state index is 0.0261. The molecular weight excluding hydrogens is 238 g/mol. The van der Waals surface area contributed by atoms with Gasteiger partial charge in [0.05, 0.1) is 18.4 Å². The molecule has 2 aromatic heterocycles. The Hall–Kier alpha value is -2.41. The van der Waals surface area contributed by atoms with E-state index < -0.39 is 5.97 Å². The van der Waals surface area contributed by atoms with Crippen molar-refractivity contribution in [2.75, 3.05) is 6.54 Å². The van der Waals surface area contributed by atoms with Gasteiger partial charge in [-0.2, -0.15) is 0 Å². The summed E-state index contributed by atoms with van der Waals surface area (Å²) in [6.45, 7) is -0.0141. The SMILES string of the molecule is O=C(O)CNCc1ncc(-c2ccno2)cc1O. The summed E-state index contributed by atoms with van der Waals surface area (Å²) in [5.41, 5.74) is 0.978. The van der Waals surface area contributed by atoms with Gasteiger partial charge >= 0.3 is 5.97 Å². The van der Waals surface area contributed by atoms with Crippen LogP contribution in [-0.4, -0.2) is 32.9 Å². The van der Waals surface area contributed by atoms with Crippen molar-refractivity contribution in [1.82, 2.24) is 15.5 Å². The zero-order valence-corrected chi connectivity index (χ0v) is 9.33. The van der Waals surface area contributed by atoms with Crippen LogP contribution in [0, 0.1) is 0 Å². The van der Waals surface area contributed by atoms with Gasteiger partial charge in [0.2, 0.25) is 0 Å². The number of carboxylic acid groups (broad SMARTS) is 1. The van der Waals surface area contributed by atoms with Gasteiger partial charge in [-0.3, -0.25) is 9.78 Å². The molecule has 0 unspecified atom stereocenters. The van der Waals surface area contributed by atoms with E-state index in [2.05, 4.69) is 15.5 Å². The molecule has 0 radical (unpaired) electrons. The third kappa shape index (κ3) is 2.83. The summed E-state index contributed by atoms with van der Waals surface area (Å²) in [5.74, 6) is -0.489. The minimum Gasteiger partial charge on any atom is -0.506 e. The van der Waals surface area contributed by atoms with Gasteiger partial charge in [0, 0.05) is 24.4 Å². The van der Waals surface area contributed by atoms with Crippen molar-refractivity contribution in [2.45, 2.75) is 6.54 Å². The number of hydrogen-bond acceptors (Lipinski definition) is 6. The summed E-state index contributed by atoms with van der Waals surface area (Å²) in [6.07, 6.45) is 3.02. The second kappa shape index (κ2) is 5.28. The van der Waals surface area contributed by atoms with Gasteiger partial charge in [-0.1, -0.05) is 5.16 Å². The fraction of sp³-hybridized carbons (Fsp3) is 0.182. The van der Waals surface area contributed by atoms with Crippen LogP contribution in [0.15, 0.2) is 29.0 Å². The summed E-state index contributed by atoms with van der Waals surface area (Å²) >= 11 is 0.